The van der Waals surface area contributed by atoms with Crippen molar-refractivity contribution in [3.8, 4) is 0 Å². The first-order valence-electron chi connectivity index (χ1n) is 8.56. The number of anilines is 1. The van der Waals surface area contributed by atoms with Gasteiger partial charge in [0.05, 0.1) is 10.9 Å². The Balaban J connectivity index is 1.72. The summed E-state index contributed by atoms with van der Waals surface area (Å²) in [7, 11) is -0.591. The Hall–Kier alpha value is -2.38. The monoisotopic (exact) mass is 373 g/mol. The Bertz CT molecular complexity index is 910. The van der Waals surface area contributed by atoms with Crippen molar-refractivity contribution in [2.45, 2.75) is 30.2 Å². The molecule has 138 valence electrons. The molecule has 1 atom stereocenters. The molecule has 0 spiro atoms. The maximum absolute atomic E-state index is 12.4. The van der Waals surface area contributed by atoms with Crippen molar-refractivity contribution >= 4 is 21.7 Å². The molecule has 1 aliphatic rings. The molecule has 2 amide bonds. The number of hydrogen-bond acceptors (Lipinski definition) is 3. The Morgan fingerprint density at radius 3 is 2.65 bits per heavy atom. The highest BCUT2D eigenvalue weighted by Gasteiger charge is 2.22. The Morgan fingerprint density at radius 2 is 1.88 bits per heavy atom. The second-order valence-electron chi connectivity index (χ2n) is 6.56. The van der Waals surface area contributed by atoms with Crippen molar-refractivity contribution in [3.05, 3.63) is 59.7 Å². The Morgan fingerprint density at radius 1 is 1.12 bits per heavy atom. The van der Waals surface area contributed by atoms with E-state index in [2.05, 4.69) is 16.7 Å². The van der Waals surface area contributed by atoms with Gasteiger partial charge in [-0.15, -0.1) is 0 Å². The smallest absolute Gasteiger partial charge is 0.319 e. The molecule has 7 heteroatoms. The standard InChI is InChI=1S/C19H23N3O3S/c1-22(2)26(24,25)16-10-6-9-15(13-16)20-19(23)21-18-12-5-8-14-7-3-4-11-17(14)18/h3-4,6-7,9-11,13,18H,5,8,12H2,1-2H3,(H2,20,21,23)/t18-/m0/s1. The third-order valence-electron chi connectivity index (χ3n) is 4.55. The topological polar surface area (TPSA) is 78.5 Å². The molecule has 2 N–H and O–H groups in total. The van der Waals surface area contributed by atoms with Crippen LogP contribution in [0.1, 0.15) is 30.0 Å². The van der Waals surface area contributed by atoms with Crippen LogP contribution in [0.15, 0.2) is 53.4 Å². The summed E-state index contributed by atoms with van der Waals surface area (Å²) in [6.07, 6.45) is 2.94. The third kappa shape index (κ3) is 3.89. The summed E-state index contributed by atoms with van der Waals surface area (Å²) in [4.78, 5) is 12.5. The van der Waals surface area contributed by atoms with Crippen LogP contribution in [-0.2, 0) is 16.4 Å². The molecule has 0 aliphatic heterocycles. The van der Waals surface area contributed by atoms with Gasteiger partial charge in [0.1, 0.15) is 0 Å². The maximum Gasteiger partial charge on any atom is 0.319 e. The first-order chi connectivity index (χ1) is 12.4. The minimum atomic E-state index is -3.54. The van der Waals surface area contributed by atoms with Crippen molar-refractivity contribution in [3.63, 3.8) is 0 Å². The molecule has 6 nitrogen and oxygen atoms in total. The van der Waals surface area contributed by atoms with E-state index in [1.54, 1.807) is 12.1 Å². The number of nitrogens with one attached hydrogen (secondary N) is 2. The third-order valence-corrected chi connectivity index (χ3v) is 6.36. The fourth-order valence-corrected chi connectivity index (χ4v) is 4.12. The molecule has 0 heterocycles. The zero-order chi connectivity index (χ0) is 18.7. The highest BCUT2D eigenvalue weighted by molar-refractivity contribution is 7.89. The van der Waals surface area contributed by atoms with Crippen LogP contribution >= 0.6 is 0 Å². The van der Waals surface area contributed by atoms with Gasteiger partial charge in [0, 0.05) is 19.8 Å². The van der Waals surface area contributed by atoms with Gasteiger partial charge < -0.3 is 10.6 Å². The molecular weight excluding hydrogens is 350 g/mol. The Labute approximate surface area is 154 Å². The molecule has 0 saturated carbocycles. The van der Waals surface area contributed by atoms with Crippen molar-refractivity contribution < 1.29 is 13.2 Å². The number of hydrogen-bond donors (Lipinski definition) is 2. The molecule has 2 aromatic carbocycles. The van der Waals surface area contributed by atoms with Gasteiger partial charge in [0.15, 0.2) is 0 Å². The van der Waals surface area contributed by atoms with Crippen molar-refractivity contribution in [2.75, 3.05) is 19.4 Å². The summed E-state index contributed by atoms with van der Waals surface area (Å²) >= 11 is 0. The number of amides is 2. The van der Waals surface area contributed by atoms with E-state index in [-0.39, 0.29) is 17.0 Å². The summed E-state index contributed by atoms with van der Waals surface area (Å²) in [5.41, 5.74) is 2.86. The molecule has 0 saturated heterocycles. The highest BCUT2D eigenvalue weighted by atomic mass is 32.2. The van der Waals surface area contributed by atoms with E-state index >= 15 is 0 Å². The van der Waals surface area contributed by atoms with E-state index in [1.807, 2.05) is 18.2 Å². The van der Waals surface area contributed by atoms with E-state index in [4.69, 9.17) is 0 Å². The predicted octanol–water partition coefficient (Wildman–Crippen LogP) is 3.14. The molecule has 1 aliphatic carbocycles. The normalized spacial score (nSPS) is 16.8. The number of carbonyl (C=O) groups is 1. The van der Waals surface area contributed by atoms with Crippen LogP contribution in [0.25, 0.3) is 0 Å². The fraction of sp³-hybridized carbons (Fsp3) is 0.316. The minimum absolute atomic E-state index is 0.0337. The highest BCUT2D eigenvalue weighted by Crippen LogP contribution is 2.29. The van der Waals surface area contributed by atoms with Crippen LogP contribution in [0.3, 0.4) is 0 Å². The van der Waals surface area contributed by atoms with Crippen molar-refractivity contribution in [1.29, 1.82) is 0 Å². The van der Waals surface area contributed by atoms with Crippen LogP contribution in [0, 0.1) is 0 Å². The number of nitrogens with zero attached hydrogens (tertiary/aromatic N) is 1. The zero-order valence-corrected chi connectivity index (χ0v) is 15.7. The van der Waals surface area contributed by atoms with E-state index in [1.165, 1.54) is 31.8 Å². The largest absolute Gasteiger partial charge is 0.331 e. The average molecular weight is 373 g/mol. The van der Waals surface area contributed by atoms with Crippen LogP contribution in [0.4, 0.5) is 10.5 Å². The van der Waals surface area contributed by atoms with Gasteiger partial charge in [0.2, 0.25) is 10.0 Å². The summed E-state index contributed by atoms with van der Waals surface area (Å²) < 4.78 is 25.6. The van der Waals surface area contributed by atoms with Crippen molar-refractivity contribution in [1.82, 2.24) is 9.62 Å². The SMILES string of the molecule is CN(C)S(=O)(=O)c1cccc(NC(=O)N[C@H]2CCCc3ccccc32)c1. The molecule has 26 heavy (non-hydrogen) atoms. The Kier molecular flexibility index (Phi) is 5.29. The summed E-state index contributed by atoms with van der Waals surface area (Å²) in [5.74, 6) is 0. The van der Waals surface area contributed by atoms with E-state index in [0.717, 1.165) is 29.1 Å². The van der Waals surface area contributed by atoms with Crippen LogP contribution in [-0.4, -0.2) is 32.8 Å². The van der Waals surface area contributed by atoms with Gasteiger partial charge in [-0.2, -0.15) is 0 Å². The molecule has 0 radical (unpaired) electrons. The van der Waals surface area contributed by atoms with Crippen LogP contribution in [0.5, 0.6) is 0 Å². The van der Waals surface area contributed by atoms with Crippen molar-refractivity contribution in [2.24, 2.45) is 0 Å². The molecule has 0 bridgehead atoms. The average Bonchev–Trinajstić information content (AvgIpc) is 2.62. The molecule has 0 fully saturated rings. The number of sulfonamides is 1. The number of benzene rings is 2. The quantitative estimate of drug-likeness (QED) is 0.864. The van der Waals surface area contributed by atoms with Crippen LogP contribution < -0.4 is 10.6 Å². The lowest BCUT2D eigenvalue weighted by molar-refractivity contribution is 0.247. The minimum Gasteiger partial charge on any atom is -0.331 e. The molecule has 0 aromatic heterocycles. The number of carbonyl (C=O) groups excluding carboxylic acids is 1. The van der Waals surface area contributed by atoms with Gasteiger partial charge in [-0.25, -0.2) is 17.5 Å². The summed E-state index contributed by atoms with van der Waals surface area (Å²) in [5, 5.41) is 5.73. The number of urea groups is 1. The second kappa shape index (κ2) is 7.47. The fourth-order valence-electron chi connectivity index (χ4n) is 3.17. The predicted molar refractivity (Wildman–Crippen MR) is 102 cm³/mol. The molecule has 3 rings (SSSR count). The molecular formula is C19H23N3O3S. The lowest BCUT2D eigenvalue weighted by Gasteiger charge is -2.26. The first kappa shape index (κ1) is 18.4. The van der Waals surface area contributed by atoms with E-state index < -0.39 is 10.0 Å². The van der Waals surface area contributed by atoms with Gasteiger partial charge in [0.25, 0.3) is 0 Å². The first-order valence-corrected chi connectivity index (χ1v) is 10.00. The van der Waals surface area contributed by atoms with E-state index in [0.29, 0.717) is 5.69 Å². The van der Waals surface area contributed by atoms with Gasteiger partial charge in [-0.05, 0) is 48.6 Å². The zero-order valence-electron chi connectivity index (χ0n) is 14.9. The number of aryl methyl sites for hydroxylation is 1. The summed E-state index contributed by atoms with van der Waals surface area (Å²) in [6.45, 7) is 0. The maximum atomic E-state index is 12.4. The summed E-state index contributed by atoms with van der Waals surface area (Å²) in [6, 6.07) is 14.0. The lowest BCUT2D eigenvalue weighted by atomic mass is 9.88. The number of rotatable bonds is 4. The van der Waals surface area contributed by atoms with Gasteiger partial charge in [-0.3, -0.25) is 0 Å². The number of fused-ring (bicyclic) bond motifs is 1. The van der Waals surface area contributed by atoms with E-state index in [9.17, 15) is 13.2 Å². The van der Waals surface area contributed by atoms with Gasteiger partial charge >= 0.3 is 6.03 Å². The second-order valence-corrected chi connectivity index (χ2v) is 8.71. The molecule has 0 unspecified atom stereocenters. The van der Waals surface area contributed by atoms with Crippen LogP contribution in [0.2, 0.25) is 0 Å². The van der Waals surface area contributed by atoms with Gasteiger partial charge in [-0.1, -0.05) is 30.3 Å². The lowest BCUT2D eigenvalue weighted by Crippen LogP contribution is -2.34. The molecule has 2 aromatic rings.